The number of hydrogen-bond donors (Lipinski definition) is 0. The molecule has 2 saturated carbocycles. The van der Waals surface area contributed by atoms with Crippen LogP contribution < -0.4 is 4.74 Å². The van der Waals surface area contributed by atoms with Crippen molar-refractivity contribution in [2.24, 2.45) is 17.8 Å². The number of halogens is 6. The summed E-state index contributed by atoms with van der Waals surface area (Å²) in [5.41, 5.74) is 0.634. The van der Waals surface area contributed by atoms with Gasteiger partial charge in [0.05, 0.1) is 0 Å². The van der Waals surface area contributed by atoms with Crippen LogP contribution in [0, 0.1) is 35.2 Å². The Morgan fingerprint density at radius 3 is 2.14 bits per heavy atom. The third-order valence-corrected chi connectivity index (χ3v) is 8.43. The minimum Gasteiger partial charge on any atom is -0.399 e. The van der Waals surface area contributed by atoms with Crippen molar-refractivity contribution in [1.29, 1.82) is 0 Å². The summed E-state index contributed by atoms with van der Waals surface area (Å²) in [5, 5.41) is 0. The first-order valence-electron chi connectivity index (χ1n) is 13.7. The third-order valence-electron chi connectivity index (χ3n) is 8.43. The number of ether oxygens (including phenoxy) is 1. The first-order valence-corrected chi connectivity index (χ1v) is 13.7. The lowest BCUT2D eigenvalue weighted by molar-refractivity contribution is -0.276. The lowest BCUT2D eigenvalue weighted by atomic mass is 9.63. The van der Waals surface area contributed by atoms with Crippen LogP contribution in [-0.4, -0.2) is 6.36 Å². The van der Waals surface area contributed by atoms with Gasteiger partial charge >= 0.3 is 6.36 Å². The van der Waals surface area contributed by atoms with E-state index < -0.39 is 29.6 Å². The summed E-state index contributed by atoms with van der Waals surface area (Å²) in [7, 11) is 0. The molecule has 0 radical (unpaired) electrons. The van der Waals surface area contributed by atoms with Crippen LogP contribution in [0.3, 0.4) is 0 Å². The van der Waals surface area contributed by atoms with E-state index >= 15 is 4.39 Å². The third kappa shape index (κ3) is 7.23. The van der Waals surface area contributed by atoms with Crippen LogP contribution in [0.4, 0.5) is 26.3 Å². The second-order valence-electron chi connectivity index (χ2n) is 11.0. The maximum absolute atomic E-state index is 15.1. The summed E-state index contributed by atoms with van der Waals surface area (Å²) in [4.78, 5) is 0. The lowest BCUT2D eigenvalue weighted by Gasteiger charge is -2.42. The van der Waals surface area contributed by atoms with E-state index in [1.807, 2.05) is 0 Å². The molecule has 2 aromatic carbocycles. The Bertz CT molecular complexity index is 1030. The van der Waals surface area contributed by atoms with Crippen LogP contribution in [0.2, 0.25) is 0 Å². The van der Waals surface area contributed by atoms with E-state index in [1.54, 1.807) is 6.07 Å². The second kappa shape index (κ2) is 12.1. The Morgan fingerprint density at radius 1 is 0.784 bits per heavy atom. The van der Waals surface area contributed by atoms with E-state index in [9.17, 15) is 22.0 Å². The van der Waals surface area contributed by atoms with Crippen molar-refractivity contribution in [3.05, 3.63) is 53.3 Å². The maximum atomic E-state index is 15.1. The van der Waals surface area contributed by atoms with Gasteiger partial charge in [0, 0.05) is 5.56 Å². The van der Waals surface area contributed by atoms with Crippen LogP contribution in [0.15, 0.2) is 30.3 Å². The van der Waals surface area contributed by atoms with Crippen LogP contribution in [-0.2, 0) is 0 Å². The molecule has 0 saturated heterocycles. The van der Waals surface area contributed by atoms with Gasteiger partial charge < -0.3 is 4.74 Å². The number of alkyl halides is 3. The van der Waals surface area contributed by atoms with Crippen molar-refractivity contribution in [3.8, 4) is 16.9 Å². The molecule has 4 atom stereocenters. The van der Waals surface area contributed by atoms with Crippen molar-refractivity contribution >= 4 is 0 Å². The highest BCUT2D eigenvalue weighted by Crippen LogP contribution is 2.48. The van der Waals surface area contributed by atoms with Crippen LogP contribution in [0.5, 0.6) is 5.75 Å². The Kier molecular flexibility index (Phi) is 9.12. The fraction of sp³-hybridized carbons (Fsp3) is 0.600. The molecule has 0 aromatic heterocycles. The van der Waals surface area contributed by atoms with Crippen molar-refractivity contribution in [3.63, 3.8) is 0 Å². The van der Waals surface area contributed by atoms with Gasteiger partial charge in [-0.05, 0) is 85.1 Å². The molecule has 37 heavy (non-hydrogen) atoms. The van der Waals surface area contributed by atoms with Gasteiger partial charge in [0.15, 0.2) is 11.6 Å². The summed E-state index contributed by atoms with van der Waals surface area (Å²) >= 11 is 0. The standard InChI is InChI=1S/C30H36F6O/c1-2-3-4-5-6-7-19-8-9-21-15-22(11-10-20(21)14-19)23-12-13-25(26(31)16-23)24-17-27(32)29(28(33)18-24)37-30(34,35)36/h12-13,16-22H,2-11,14-15H2,1H3/t19?,20-,21-,22-/m1/s1. The summed E-state index contributed by atoms with van der Waals surface area (Å²) in [6.45, 7) is 2.24. The number of rotatable bonds is 9. The number of benzene rings is 2. The Morgan fingerprint density at radius 2 is 1.46 bits per heavy atom. The zero-order valence-electron chi connectivity index (χ0n) is 21.4. The molecular weight excluding hydrogens is 490 g/mol. The number of unbranched alkanes of at least 4 members (excludes halogenated alkanes) is 4. The Balaban J connectivity index is 1.37. The van der Waals surface area contributed by atoms with Crippen molar-refractivity contribution in [1.82, 2.24) is 0 Å². The summed E-state index contributed by atoms with van der Waals surface area (Å²) < 4.78 is 84.0. The largest absolute Gasteiger partial charge is 0.573 e. The molecule has 1 nitrogen and oxygen atoms in total. The normalized spacial score (nSPS) is 24.1. The molecule has 0 bridgehead atoms. The molecule has 4 rings (SSSR count). The van der Waals surface area contributed by atoms with E-state index in [0.717, 1.165) is 36.7 Å². The average Bonchev–Trinajstić information content (AvgIpc) is 2.85. The highest BCUT2D eigenvalue weighted by Gasteiger charge is 2.36. The second-order valence-corrected chi connectivity index (χ2v) is 11.0. The van der Waals surface area contributed by atoms with Crippen LogP contribution in [0.25, 0.3) is 11.1 Å². The van der Waals surface area contributed by atoms with Crippen molar-refractivity contribution < 1.29 is 31.1 Å². The molecule has 7 heteroatoms. The van der Waals surface area contributed by atoms with Gasteiger partial charge in [-0.1, -0.05) is 64.0 Å². The van der Waals surface area contributed by atoms with Crippen LogP contribution in [0.1, 0.15) is 95.5 Å². The SMILES string of the molecule is CCCCCCCC1CC[C@@H]2C[C@H](c3ccc(-c4cc(F)c(OC(F)(F)F)c(F)c4)c(F)c3)CC[C@@H]2C1. The monoisotopic (exact) mass is 526 g/mol. The number of hydrogen-bond acceptors (Lipinski definition) is 1. The lowest BCUT2D eigenvalue weighted by Crippen LogP contribution is -2.30. The fourth-order valence-corrected chi connectivity index (χ4v) is 6.54. The zero-order chi connectivity index (χ0) is 26.6. The Hall–Kier alpha value is -2.18. The van der Waals surface area contributed by atoms with E-state index in [2.05, 4.69) is 11.7 Å². The molecule has 2 aliphatic rings. The van der Waals surface area contributed by atoms with Crippen molar-refractivity contribution in [2.45, 2.75) is 96.3 Å². The molecule has 0 heterocycles. The van der Waals surface area contributed by atoms with Gasteiger partial charge in [-0.25, -0.2) is 13.2 Å². The predicted octanol–water partition coefficient (Wildman–Crippen LogP) is 10.3. The van der Waals surface area contributed by atoms with Gasteiger partial charge in [-0.3, -0.25) is 0 Å². The van der Waals surface area contributed by atoms with Gasteiger partial charge in [-0.15, -0.1) is 13.2 Å². The Labute approximate surface area is 215 Å². The van der Waals surface area contributed by atoms with Gasteiger partial charge in [0.25, 0.3) is 0 Å². The van der Waals surface area contributed by atoms with E-state index in [4.69, 9.17) is 0 Å². The van der Waals surface area contributed by atoms with Crippen LogP contribution >= 0.6 is 0 Å². The molecule has 2 aliphatic carbocycles. The highest BCUT2D eigenvalue weighted by atomic mass is 19.4. The molecule has 0 aliphatic heterocycles. The minimum atomic E-state index is -5.23. The predicted molar refractivity (Wildman–Crippen MR) is 133 cm³/mol. The quantitative estimate of drug-likeness (QED) is 0.233. The van der Waals surface area contributed by atoms with Gasteiger partial charge in [0.1, 0.15) is 5.82 Å². The van der Waals surface area contributed by atoms with E-state index in [-0.39, 0.29) is 17.0 Å². The van der Waals surface area contributed by atoms with Crippen molar-refractivity contribution in [2.75, 3.05) is 0 Å². The smallest absolute Gasteiger partial charge is 0.399 e. The topological polar surface area (TPSA) is 9.23 Å². The molecule has 1 unspecified atom stereocenters. The first-order chi connectivity index (χ1) is 17.6. The first kappa shape index (κ1) is 27.8. The highest BCUT2D eigenvalue weighted by molar-refractivity contribution is 5.66. The minimum absolute atomic E-state index is 0.0618. The van der Waals surface area contributed by atoms with E-state index in [1.165, 1.54) is 69.9 Å². The zero-order valence-corrected chi connectivity index (χ0v) is 21.4. The molecule has 0 spiro atoms. The molecular formula is C30H36F6O. The summed E-state index contributed by atoms with van der Waals surface area (Å²) in [5.74, 6) is -2.78. The number of fused-ring (bicyclic) bond motifs is 1. The molecule has 0 amide bonds. The molecule has 2 aromatic rings. The molecule has 0 N–H and O–H groups in total. The summed E-state index contributed by atoms with van der Waals surface area (Å²) in [6.07, 6.45) is 9.70. The maximum Gasteiger partial charge on any atom is 0.573 e. The van der Waals surface area contributed by atoms with E-state index in [0.29, 0.717) is 18.1 Å². The molecule has 204 valence electrons. The van der Waals surface area contributed by atoms with Gasteiger partial charge in [0.2, 0.25) is 5.75 Å². The fourth-order valence-electron chi connectivity index (χ4n) is 6.54. The average molecular weight is 527 g/mol. The molecule has 2 fully saturated rings. The van der Waals surface area contributed by atoms with Gasteiger partial charge in [-0.2, -0.15) is 0 Å². The summed E-state index contributed by atoms with van der Waals surface area (Å²) in [6, 6.07) is 5.98.